The SMILES string of the molecule is COc1ccc(Nc2nc3nncn3c(-c3ccccc3)c2C#N)cc1. The van der Waals surface area contributed by atoms with Crippen LogP contribution in [0.2, 0.25) is 0 Å². The highest BCUT2D eigenvalue weighted by molar-refractivity contribution is 5.77. The van der Waals surface area contributed by atoms with Crippen LogP contribution in [0.4, 0.5) is 11.5 Å². The summed E-state index contributed by atoms with van der Waals surface area (Å²) in [4.78, 5) is 4.45. The first-order valence-electron chi connectivity index (χ1n) is 7.90. The number of hydrogen-bond acceptors (Lipinski definition) is 6. The van der Waals surface area contributed by atoms with Gasteiger partial charge < -0.3 is 10.1 Å². The number of anilines is 2. The fourth-order valence-corrected chi connectivity index (χ4v) is 2.74. The quantitative estimate of drug-likeness (QED) is 0.611. The lowest BCUT2D eigenvalue weighted by atomic mass is 10.1. The second kappa shape index (κ2) is 6.53. The van der Waals surface area contributed by atoms with E-state index in [2.05, 4.69) is 26.6 Å². The highest BCUT2D eigenvalue weighted by Gasteiger charge is 2.18. The van der Waals surface area contributed by atoms with Gasteiger partial charge in [0.1, 0.15) is 23.7 Å². The van der Waals surface area contributed by atoms with Crippen molar-refractivity contribution in [2.45, 2.75) is 0 Å². The van der Waals surface area contributed by atoms with Crippen molar-refractivity contribution in [3.63, 3.8) is 0 Å². The van der Waals surface area contributed by atoms with E-state index in [0.29, 0.717) is 22.9 Å². The maximum absolute atomic E-state index is 9.81. The zero-order chi connectivity index (χ0) is 17.9. The second-order valence-electron chi connectivity index (χ2n) is 5.52. The summed E-state index contributed by atoms with van der Waals surface area (Å²) in [7, 11) is 1.61. The first-order chi connectivity index (χ1) is 12.8. The Kier molecular flexibility index (Phi) is 3.92. The number of hydrogen-bond donors (Lipinski definition) is 1. The van der Waals surface area contributed by atoms with E-state index in [4.69, 9.17) is 4.74 Å². The zero-order valence-electron chi connectivity index (χ0n) is 13.9. The molecule has 0 spiro atoms. The van der Waals surface area contributed by atoms with Gasteiger partial charge in [0.2, 0.25) is 0 Å². The van der Waals surface area contributed by atoms with Crippen LogP contribution in [-0.2, 0) is 0 Å². The lowest BCUT2D eigenvalue weighted by molar-refractivity contribution is 0.415. The summed E-state index contributed by atoms with van der Waals surface area (Å²) < 4.78 is 6.89. The van der Waals surface area contributed by atoms with Crippen LogP contribution in [0.3, 0.4) is 0 Å². The van der Waals surface area contributed by atoms with Gasteiger partial charge in [0, 0.05) is 11.3 Å². The maximum atomic E-state index is 9.81. The zero-order valence-corrected chi connectivity index (χ0v) is 13.9. The fraction of sp³-hybridized carbons (Fsp3) is 0.0526. The summed E-state index contributed by atoms with van der Waals surface area (Å²) in [5, 5.41) is 21.0. The summed E-state index contributed by atoms with van der Waals surface area (Å²) in [6.45, 7) is 0. The van der Waals surface area contributed by atoms with Crippen LogP contribution in [0.15, 0.2) is 60.9 Å². The van der Waals surface area contributed by atoms with Crippen LogP contribution in [-0.4, -0.2) is 26.7 Å². The van der Waals surface area contributed by atoms with Gasteiger partial charge in [-0.2, -0.15) is 10.2 Å². The molecule has 0 atom stereocenters. The van der Waals surface area contributed by atoms with Crippen LogP contribution in [0, 0.1) is 11.3 Å². The molecule has 0 aliphatic heterocycles. The molecule has 0 saturated carbocycles. The van der Waals surface area contributed by atoms with Gasteiger partial charge in [0.25, 0.3) is 5.78 Å². The highest BCUT2D eigenvalue weighted by atomic mass is 16.5. The first-order valence-corrected chi connectivity index (χ1v) is 7.90. The Bertz CT molecular complexity index is 1100. The molecule has 2 aromatic heterocycles. The van der Waals surface area contributed by atoms with Crippen molar-refractivity contribution in [1.82, 2.24) is 19.6 Å². The molecule has 2 heterocycles. The molecule has 2 aromatic carbocycles. The van der Waals surface area contributed by atoms with Crippen molar-refractivity contribution in [1.29, 1.82) is 5.26 Å². The van der Waals surface area contributed by atoms with E-state index in [1.807, 2.05) is 54.6 Å². The average molecular weight is 342 g/mol. The lowest BCUT2D eigenvalue weighted by Gasteiger charge is -2.13. The third-order valence-corrected chi connectivity index (χ3v) is 3.97. The standard InChI is InChI=1S/C19H14N6O/c1-26-15-9-7-14(8-10-15)22-18-16(11-20)17(13-5-3-2-4-6-13)25-12-21-24-19(25)23-18/h2-10,12H,1H3,(H,22,23,24). The molecular weight excluding hydrogens is 328 g/mol. The van der Waals surface area contributed by atoms with Gasteiger partial charge in [0.15, 0.2) is 5.82 Å². The molecule has 7 heteroatoms. The van der Waals surface area contributed by atoms with Gasteiger partial charge in [0.05, 0.1) is 12.8 Å². The van der Waals surface area contributed by atoms with Crippen LogP contribution in [0.1, 0.15) is 5.56 Å². The number of aromatic nitrogens is 4. The van der Waals surface area contributed by atoms with E-state index in [9.17, 15) is 5.26 Å². The predicted molar refractivity (Wildman–Crippen MR) is 97.2 cm³/mol. The van der Waals surface area contributed by atoms with Gasteiger partial charge in [-0.1, -0.05) is 30.3 Å². The third kappa shape index (κ3) is 2.70. The van der Waals surface area contributed by atoms with Crippen molar-refractivity contribution in [2.24, 2.45) is 0 Å². The summed E-state index contributed by atoms with van der Waals surface area (Å²) in [5.74, 6) is 1.60. The molecule has 0 bridgehead atoms. The smallest absolute Gasteiger partial charge is 0.257 e. The maximum Gasteiger partial charge on any atom is 0.257 e. The van der Waals surface area contributed by atoms with Gasteiger partial charge in [-0.15, -0.1) is 10.2 Å². The van der Waals surface area contributed by atoms with Crippen molar-refractivity contribution in [3.8, 4) is 23.1 Å². The molecule has 0 saturated heterocycles. The largest absolute Gasteiger partial charge is 0.497 e. The fourth-order valence-electron chi connectivity index (χ4n) is 2.74. The van der Waals surface area contributed by atoms with Crippen LogP contribution < -0.4 is 10.1 Å². The molecule has 0 radical (unpaired) electrons. The number of nitrogens with zero attached hydrogens (tertiary/aromatic N) is 5. The summed E-state index contributed by atoms with van der Waals surface area (Å²) in [6, 6.07) is 19.3. The Morgan fingerprint density at radius 3 is 2.54 bits per heavy atom. The summed E-state index contributed by atoms with van der Waals surface area (Å²) in [6.07, 6.45) is 1.56. The number of nitrogens with one attached hydrogen (secondary N) is 1. The molecule has 0 aliphatic carbocycles. The number of ether oxygens (including phenoxy) is 1. The third-order valence-electron chi connectivity index (χ3n) is 3.97. The predicted octanol–water partition coefficient (Wildman–Crippen LogP) is 3.42. The minimum absolute atomic E-state index is 0.416. The average Bonchev–Trinajstić information content (AvgIpc) is 3.16. The Balaban J connectivity index is 1.88. The Morgan fingerprint density at radius 1 is 1.08 bits per heavy atom. The molecular formula is C19H14N6O. The van der Waals surface area contributed by atoms with E-state index in [1.165, 1.54) is 0 Å². The van der Waals surface area contributed by atoms with Crippen LogP contribution in [0.25, 0.3) is 17.0 Å². The molecule has 7 nitrogen and oxygen atoms in total. The van der Waals surface area contributed by atoms with E-state index in [0.717, 1.165) is 17.0 Å². The van der Waals surface area contributed by atoms with E-state index < -0.39 is 0 Å². The van der Waals surface area contributed by atoms with Gasteiger partial charge in [-0.25, -0.2) is 0 Å². The normalized spacial score (nSPS) is 10.5. The molecule has 0 fully saturated rings. The van der Waals surface area contributed by atoms with E-state index >= 15 is 0 Å². The Hall–Kier alpha value is -3.92. The summed E-state index contributed by atoms with van der Waals surface area (Å²) in [5.41, 5.74) is 2.78. The van der Waals surface area contributed by atoms with Crippen molar-refractivity contribution < 1.29 is 4.74 Å². The molecule has 0 unspecified atom stereocenters. The monoisotopic (exact) mass is 342 g/mol. The molecule has 1 N–H and O–H groups in total. The highest BCUT2D eigenvalue weighted by Crippen LogP contribution is 2.30. The number of rotatable bonds is 4. The van der Waals surface area contributed by atoms with Gasteiger partial charge >= 0.3 is 0 Å². The topological polar surface area (TPSA) is 88.1 Å². The molecule has 4 rings (SSSR count). The minimum Gasteiger partial charge on any atom is -0.497 e. The number of methoxy groups -OCH3 is 1. The molecule has 0 aliphatic rings. The van der Waals surface area contributed by atoms with E-state index in [1.54, 1.807) is 17.8 Å². The van der Waals surface area contributed by atoms with Crippen LogP contribution >= 0.6 is 0 Å². The Labute approximate surface area is 149 Å². The number of fused-ring (bicyclic) bond motifs is 1. The summed E-state index contributed by atoms with van der Waals surface area (Å²) >= 11 is 0. The molecule has 126 valence electrons. The van der Waals surface area contributed by atoms with Crippen molar-refractivity contribution in [3.05, 3.63) is 66.5 Å². The molecule has 26 heavy (non-hydrogen) atoms. The minimum atomic E-state index is 0.416. The van der Waals surface area contributed by atoms with E-state index in [-0.39, 0.29) is 0 Å². The van der Waals surface area contributed by atoms with Gasteiger partial charge in [-0.05, 0) is 24.3 Å². The van der Waals surface area contributed by atoms with Crippen LogP contribution in [0.5, 0.6) is 5.75 Å². The number of nitriles is 1. The first kappa shape index (κ1) is 15.6. The van der Waals surface area contributed by atoms with Crippen molar-refractivity contribution in [2.75, 3.05) is 12.4 Å². The van der Waals surface area contributed by atoms with Gasteiger partial charge in [-0.3, -0.25) is 4.40 Å². The molecule has 0 amide bonds. The Morgan fingerprint density at radius 2 is 1.85 bits per heavy atom. The molecule has 4 aromatic rings. The van der Waals surface area contributed by atoms with Crippen molar-refractivity contribution >= 4 is 17.3 Å². The lowest BCUT2D eigenvalue weighted by Crippen LogP contribution is -2.05. The number of benzene rings is 2. The second-order valence-corrected chi connectivity index (χ2v) is 5.52.